The summed E-state index contributed by atoms with van der Waals surface area (Å²) < 4.78 is 1.82. The highest BCUT2D eigenvalue weighted by Gasteiger charge is 2.12. The third-order valence-corrected chi connectivity index (χ3v) is 4.56. The number of anilines is 2. The highest BCUT2D eigenvalue weighted by atomic mass is 127. The number of hydrogen-bond donors (Lipinski definition) is 1. The molecule has 0 atom stereocenters. The van der Waals surface area contributed by atoms with Crippen LogP contribution in [0.5, 0.6) is 0 Å². The predicted octanol–water partition coefficient (Wildman–Crippen LogP) is 4.68. The molecule has 5 heteroatoms. The second-order valence-electron chi connectivity index (χ2n) is 4.97. The van der Waals surface area contributed by atoms with E-state index < -0.39 is 0 Å². The monoisotopic (exact) mass is 458 g/mol. The minimum absolute atomic E-state index is 0.103. The minimum atomic E-state index is -0.103. The molecule has 0 saturated heterocycles. The summed E-state index contributed by atoms with van der Waals surface area (Å²) in [7, 11) is 3.98. The van der Waals surface area contributed by atoms with Crippen LogP contribution in [-0.2, 0) is 0 Å². The topological polar surface area (TPSA) is 32.3 Å². The van der Waals surface area contributed by atoms with Gasteiger partial charge in [-0.3, -0.25) is 4.79 Å². The van der Waals surface area contributed by atoms with Gasteiger partial charge in [0.15, 0.2) is 0 Å². The number of hydrogen-bond acceptors (Lipinski definition) is 2. The summed E-state index contributed by atoms with van der Waals surface area (Å²) in [4.78, 5) is 14.4. The summed E-state index contributed by atoms with van der Waals surface area (Å²) in [5.41, 5.74) is 3.73. The Morgan fingerprint density at radius 3 is 2.57 bits per heavy atom. The van der Waals surface area contributed by atoms with Gasteiger partial charge in [-0.1, -0.05) is 22.0 Å². The van der Waals surface area contributed by atoms with Gasteiger partial charge in [-0.05, 0) is 65.4 Å². The SMILES string of the molecule is Cc1ccc(NC(=O)c2cc(Br)ccc2I)cc1N(C)C. The van der Waals surface area contributed by atoms with Crippen LogP contribution in [0.3, 0.4) is 0 Å². The van der Waals surface area contributed by atoms with E-state index in [2.05, 4.69) is 50.8 Å². The Hall–Kier alpha value is -1.08. The normalized spacial score (nSPS) is 10.3. The van der Waals surface area contributed by atoms with Crippen molar-refractivity contribution in [2.75, 3.05) is 24.3 Å². The molecule has 21 heavy (non-hydrogen) atoms. The molecular formula is C16H16BrIN2O. The highest BCUT2D eigenvalue weighted by Crippen LogP contribution is 2.24. The van der Waals surface area contributed by atoms with E-state index >= 15 is 0 Å². The number of carbonyl (C=O) groups is 1. The summed E-state index contributed by atoms with van der Waals surface area (Å²) >= 11 is 5.57. The smallest absolute Gasteiger partial charge is 0.256 e. The molecule has 1 amide bonds. The molecule has 0 unspecified atom stereocenters. The highest BCUT2D eigenvalue weighted by molar-refractivity contribution is 14.1. The summed E-state index contributed by atoms with van der Waals surface area (Å²) in [6.45, 7) is 2.05. The van der Waals surface area contributed by atoms with Gasteiger partial charge in [0.2, 0.25) is 0 Å². The zero-order chi connectivity index (χ0) is 15.6. The van der Waals surface area contributed by atoms with Crippen LogP contribution in [0.4, 0.5) is 11.4 Å². The number of halogens is 2. The summed E-state index contributed by atoms with van der Waals surface area (Å²) in [5, 5.41) is 2.96. The van der Waals surface area contributed by atoms with Gasteiger partial charge in [-0.25, -0.2) is 0 Å². The fourth-order valence-corrected chi connectivity index (χ4v) is 2.98. The first kappa shape index (κ1) is 16.3. The number of benzene rings is 2. The molecule has 0 aliphatic carbocycles. The molecule has 2 aromatic rings. The van der Waals surface area contributed by atoms with E-state index in [1.54, 1.807) is 0 Å². The van der Waals surface area contributed by atoms with Crippen molar-refractivity contribution in [2.45, 2.75) is 6.92 Å². The molecule has 110 valence electrons. The van der Waals surface area contributed by atoms with E-state index in [4.69, 9.17) is 0 Å². The van der Waals surface area contributed by atoms with E-state index in [0.717, 1.165) is 19.4 Å². The molecular weight excluding hydrogens is 443 g/mol. The fraction of sp³-hybridized carbons (Fsp3) is 0.188. The van der Waals surface area contributed by atoms with Crippen molar-refractivity contribution in [1.29, 1.82) is 0 Å². The van der Waals surface area contributed by atoms with Crippen molar-refractivity contribution in [3.05, 3.63) is 55.6 Å². The van der Waals surface area contributed by atoms with Gasteiger partial charge in [0, 0.05) is 33.5 Å². The zero-order valence-electron chi connectivity index (χ0n) is 12.1. The Bertz CT molecular complexity index is 686. The predicted molar refractivity (Wildman–Crippen MR) is 100 cm³/mol. The Balaban J connectivity index is 2.27. The number of aryl methyl sites for hydroxylation is 1. The summed E-state index contributed by atoms with van der Waals surface area (Å²) in [5.74, 6) is -0.103. The average Bonchev–Trinajstić information content (AvgIpc) is 2.43. The van der Waals surface area contributed by atoms with Gasteiger partial charge in [0.25, 0.3) is 5.91 Å². The number of amides is 1. The molecule has 3 nitrogen and oxygen atoms in total. The van der Waals surface area contributed by atoms with Crippen molar-refractivity contribution in [2.24, 2.45) is 0 Å². The van der Waals surface area contributed by atoms with Crippen molar-refractivity contribution in [3.8, 4) is 0 Å². The van der Waals surface area contributed by atoms with Crippen molar-refractivity contribution < 1.29 is 4.79 Å². The first-order valence-corrected chi connectivity index (χ1v) is 8.30. The Labute approximate surface area is 147 Å². The molecule has 0 aromatic heterocycles. The number of nitrogens with zero attached hydrogens (tertiary/aromatic N) is 1. The molecule has 0 bridgehead atoms. The van der Waals surface area contributed by atoms with Crippen LogP contribution in [0.25, 0.3) is 0 Å². The Morgan fingerprint density at radius 1 is 1.19 bits per heavy atom. The molecule has 1 N–H and O–H groups in total. The maximum atomic E-state index is 12.4. The van der Waals surface area contributed by atoms with Crippen LogP contribution in [-0.4, -0.2) is 20.0 Å². The zero-order valence-corrected chi connectivity index (χ0v) is 15.8. The number of rotatable bonds is 3. The van der Waals surface area contributed by atoms with Crippen molar-refractivity contribution in [3.63, 3.8) is 0 Å². The minimum Gasteiger partial charge on any atom is -0.377 e. The quantitative estimate of drug-likeness (QED) is 0.677. The van der Waals surface area contributed by atoms with Gasteiger partial charge in [0.05, 0.1) is 5.56 Å². The van der Waals surface area contributed by atoms with Crippen LogP contribution < -0.4 is 10.2 Å². The lowest BCUT2D eigenvalue weighted by molar-refractivity contribution is 0.102. The van der Waals surface area contributed by atoms with Crippen LogP contribution in [0.15, 0.2) is 40.9 Å². The van der Waals surface area contributed by atoms with Gasteiger partial charge in [-0.15, -0.1) is 0 Å². The van der Waals surface area contributed by atoms with Gasteiger partial charge in [0.1, 0.15) is 0 Å². The molecule has 0 aliphatic heterocycles. The van der Waals surface area contributed by atoms with E-state index in [9.17, 15) is 4.79 Å². The first-order chi connectivity index (χ1) is 9.88. The molecule has 0 heterocycles. The molecule has 2 aromatic carbocycles. The summed E-state index contributed by atoms with van der Waals surface area (Å²) in [6, 6.07) is 11.6. The van der Waals surface area contributed by atoms with Gasteiger partial charge in [-0.2, -0.15) is 0 Å². The second kappa shape index (κ2) is 6.79. The fourth-order valence-electron chi connectivity index (χ4n) is 2.04. The van der Waals surface area contributed by atoms with E-state index in [-0.39, 0.29) is 5.91 Å². The molecule has 0 spiro atoms. The van der Waals surface area contributed by atoms with E-state index in [1.165, 1.54) is 5.56 Å². The maximum Gasteiger partial charge on any atom is 0.256 e. The molecule has 0 radical (unpaired) electrons. The van der Waals surface area contributed by atoms with Gasteiger partial charge >= 0.3 is 0 Å². The number of nitrogens with one attached hydrogen (secondary N) is 1. The summed E-state index contributed by atoms with van der Waals surface area (Å²) in [6.07, 6.45) is 0. The molecule has 2 rings (SSSR count). The lowest BCUT2D eigenvalue weighted by Gasteiger charge is -2.17. The van der Waals surface area contributed by atoms with E-state index in [1.807, 2.05) is 55.4 Å². The van der Waals surface area contributed by atoms with Crippen LogP contribution >= 0.6 is 38.5 Å². The lowest BCUT2D eigenvalue weighted by Crippen LogP contribution is -2.15. The van der Waals surface area contributed by atoms with Crippen LogP contribution in [0, 0.1) is 10.5 Å². The second-order valence-corrected chi connectivity index (χ2v) is 7.05. The standard InChI is InChI=1S/C16H16BrIN2O/c1-10-4-6-12(9-15(10)20(2)3)19-16(21)13-8-11(17)5-7-14(13)18/h4-9H,1-3H3,(H,19,21). The molecule has 0 saturated carbocycles. The molecule has 0 fully saturated rings. The third-order valence-electron chi connectivity index (χ3n) is 3.12. The number of carbonyl (C=O) groups excluding carboxylic acids is 1. The largest absolute Gasteiger partial charge is 0.377 e. The van der Waals surface area contributed by atoms with Crippen molar-refractivity contribution in [1.82, 2.24) is 0 Å². The first-order valence-electron chi connectivity index (χ1n) is 6.43. The van der Waals surface area contributed by atoms with E-state index in [0.29, 0.717) is 5.56 Å². The Kier molecular flexibility index (Phi) is 5.27. The third kappa shape index (κ3) is 3.97. The molecule has 0 aliphatic rings. The van der Waals surface area contributed by atoms with Crippen molar-refractivity contribution >= 4 is 55.8 Å². The van der Waals surface area contributed by atoms with Gasteiger partial charge < -0.3 is 10.2 Å². The average molecular weight is 459 g/mol. The lowest BCUT2D eigenvalue weighted by atomic mass is 10.1. The Morgan fingerprint density at radius 2 is 1.90 bits per heavy atom. The van der Waals surface area contributed by atoms with Crippen LogP contribution in [0.2, 0.25) is 0 Å². The maximum absolute atomic E-state index is 12.4. The van der Waals surface area contributed by atoms with Crippen LogP contribution in [0.1, 0.15) is 15.9 Å².